The van der Waals surface area contributed by atoms with Crippen molar-refractivity contribution >= 4 is 24.0 Å². The predicted octanol–water partition coefficient (Wildman–Crippen LogP) is 1.71. The molecule has 2 N–H and O–H groups in total. The van der Waals surface area contributed by atoms with Crippen LogP contribution < -0.4 is 15.4 Å². The third-order valence-corrected chi connectivity index (χ3v) is 3.40. The molecule has 1 aromatic rings. The van der Waals surface area contributed by atoms with Crippen LogP contribution in [0.15, 0.2) is 18.2 Å². The van der Waals surface area contributed by atoms with E-state index in [0.717, 1.165) is 42.9 Å². The number of halogens is 1. The van der Waals surface area contributed by atoms with Gasteiger partial charge in [0.1, 0.15) is 18.5 Å². The molecule has 0 bridgehead atoms. The summed E-state index contributed by atoms with van der Waals surface area (Å²) >= 11 is 0. The minimum Gasteiger partial charge on any atom is -0.492 e. The van der Waals surface area contributed by atoms with E-state index in [-0.39, 0.29) is 24.4 Å². The first-order chi connectivity index (χ1) is 9.33. The molecule has 5 nitrogen and oxygen atoms in total. The highest BCUT2D eigenvalue weighted by Gasteiger charge is 2.23. The number of carbonyl (C=O) groups is 1. The zero-order valence-corrected chi connectivity index (χ0v) is 12.0. The molecule has 1 amide bonds. The van der Waals surface area contributed by atoms with E-state index >= 15 is 0 Å². The quantitative estimate of drug-likeness (QED) is 0.873. The normalized spacial score (nSPS) is 21.1. The lowest BCUT2D eigenvalue weighted by atomic mass is 10.1. The molecule has 0 spiro atoms. The van der Waals surface area contributed by atoms with Crippen LogP contribution in [0.5, 0.6) is 5.75 Å². The monoisotopic (exact) mass is 298 g/mol. The van der Waals surface area contributed by atoms with Gasteiger partial charge in [-0.05, 0) is 31.0 Å². The Balaban J connectivity index is 0.00000147. The largest absolute Gasteiger partial charge is 0.492 e. The summed E-state index contributed by atoms with van der Waals surface area (Å²) in [6.07, 6.45) is 1.47. The molecule has 20 heavy (non-hydrogen) atoms. The summed E-state index contributed by atoms with van der Waals surface area (Å²) in [5.41, 5.74) is 1.87. The van der Waals surface area contributed by atoms with Crippen LogP contribution in [0.25, 0.3) is 0 Å². The number of amides is 1. The van der Waals surface area contributed by atoms with E-state index in [1.165, 1.54) is 0 Å². The topological polar surface area (TPSA) is 59.6 Å². The van der Waals surface area contributed by atoms with Gasteiger partial charge in [0.15, 0.2) is 0 Å². The Hall–Kier alpha value is -1.30. The molecule has 1 aromatic carbocycles. The molecule has 0 unspecified atom stereocenters. The third-order valence-electron chi connectivity index (χ3n) is 3.40. The van der Waals surface area contributed by atoms with Gasteiger partial charge in [-0.15, -0.1) is 12.4 Å². The minimum absolute atomic E-state index is 0. The lowest BCUT2D eigenvalue weighted by molar-refractivity contribution is -0.124. The molecular formula is C14H19ClN2O3. The van der Waals surface area contributed by atoms with Gasteiger partial charge in [-0.3, -0.25) is 4.79 Å². The van der Waals surface area contributed by atoms with Crippen LogP contribution in [0.3, 0.4) is 0 Å². The van der Waals surface area contributed by atoms with Gasteiger partial charge in [0.05, 0.1) is 0 Å². The van der Waals surface area contributed by atoms with Crippen LogP contribution in [-0.4, -0.2) is 31.8 Å². The van der Waals surface area contributed by atoms with Gasteiger partial charge in [-0.25, -0.2) is 0 Å². The fourth-order valence-electron chi connectivity index (χ4n) is 2.40. The molecule has 1 atom stereocenters. The molecule has 2 aliphatic rings. The number of nitrogens with one attached hydrogen (secondary N) is 2. The Kier molecular flexibility index (Phi) is 5.23. The Labute approximate surface area is 124 Å². The molecule has 6 heteroatoms. The second-order valence-corrected chi connectivity index (χ2v) is 4.84. The smallest absolute Gasteiger partial charge is 0.253 e. The van der Waals surface area contributed by atoms with Crippen molar-refractivity contribution < 1.29 is 14.3 Å². The standard InChI is InChI=1S/C14H18N2O3.ClH/c17-14(13-2-1-6-18-13)16-11-3-4-12-10(8-11)9-15-5-7-19-12;/h3-4,8,13,15H,1-2,5-7,9H2,(H,16,17);1H/t13-;/m1./s1. The average Bonchev–Trinajstić information content (AvgIpc) is 2.85. The van der Waals surface area contributed by atoms with E-state index in [9.17, 15) is 4.79 Å². The van der Waals surface area contributed by atoms with Crippen LogP contribution >= 0.6 is 12.4 Å². The molecule has 1 saturated heterocycles. The number of fused-ring (bicyclic) bond motifs is 1. The number of carbonyl (C=O) groups excluding carboxylic acids is 1. The lowest BCUT2D eigenvalue weighted by Gasteiger charge is -2.12. The predicted molar refractivity (Wildman–Crippen MR) is 78.5 cm³/mol. The summed E-state index contributed by atoms with van der Waals surface area (Å²) in [6.45, 7) is 2.96. The van der Waals surface area contributed by atoms with Crippen LogP contribution in [0.2, 0.25) is 0 Å². The summed E-state index contributed by atoms with van der Waals surface area (Å²) in [7, 11) is 0. The number of anilines is 1. The molecule has 0 aromatic heterocycles. The maximum Gasteiger partial charge on any atom is 0.253 e. The van der Waals surface area contributed by atoms with Crippen LogP contribution in [-0.2, 0) is 16.1 Å². The third kappa shape index (κ3) is 3.42. The highest BCUT2D eigenvalue weighted by Crippen LogP contribution is 2.24. The van der Waals surface area contributed by atoms with Crippen molar-refractivity contribution in [1.82, 2.24) is 5.32 Å². The fourth-order valence-corrected chi connectivity index (χ4v) is 2.40. The van der Waals surface area contributed by atoms with Crippen molar-refractivity contribution in [3.05, 3.63) is 23.8 Å². The second-order valence-electron chi connectivity index (χ2n) is 4.84. The minimum atomic E-state index is -0.298. The van der Waals surface area contributed by atoms with Gasteiger partial charge in [-0.1, -0.05) is 0 Å². The van der Waals surface area contributed by atoms with E-state index < -0.39 is 0 Å². The van der Waals surface area contributed by atoms with Gasteiger partial charge in [0, 0.05) is 30.9 Å². The Morgan fingerprint density at radius 1 is 1.35 bits per heavy atom. The van der Waals surface area contributed by atoms with E-state index in [1.54, 1.807) is 0 Å². The van der Waals surface area contributed by atoms with E-state index in [4.69, 9.17) is 9.47 Å². The zero-order valence-electron chi connectivity index (χ0n) is 11.2. The fraction of sp³-hybridized carbons (Fsp3) is 0.500. The highest BCUT2D eigenvalue weighted by molar-refractivity contribution is 5.94. The highest BCUT2D eigenvalue weighted by atomic mass is 35.5. The van der Waals surface area contributed by atoms with Gasteiger partial charge >= 0.3 is 0 Å². The van der Waals surface area contributed by atoms with Gasteiger partial charge in [0.25, 0.3) is 5.91 Å². The van der Waals surface area contributed by atoms with Crippen LogP contribution in [0.4, 0.5) is 5.69 Å². The lowest BCUT2D eigenvalue weighted by Crippen LogP contribution is -2.26. The first-order valence-electron chi connectivity index (χ1n) is 6.72. The van der Waals surface area contributed by atoms with Crippen LogP contribution in [0.1, 0.15) is 18.4 Å². The molecule has 1 fully saturated rings. The summed E-state index contributed by atoms with van der Waals surface area (Å²) < 4.78 is 11.0. The molecular weight excluding hydrogens is 280 g/mol. The summed E-state index contributed by atoms with van der Waals surface area (Å²) in [5, 5.41) is 6.18. The molecule has 2 heterocycles. The van der Waals surface area contributed by atoms with Crippen LogP contribution in [0, 0.1) is 0 Å². The van der Waals surface area contributed by atoms with E-state index in [0.29, 0.717) is 13.2 Å². The molecule has 0 aliphatic carbocycles. The molecule has 0 saturated carbocycles. The number of rotatable bonds is 2. The number of ether oxygens (including phenoxy) is 2. The zero-order chi connectivity index (χ0) is 13.1. The van der Waals surface area contributed by atoms with E-state index in [2.05, 4.69) is 10.6 Å². The second kappa shape index (κ2) is 6.92. The van der Waals surface area contributed by atoms with Crippen molar-refractivity contribution in [3.63, 3.8) is 0 Å². The number of benzene rings is 1. The van der Waals surface area contributed by atoms with Crippen molar-refractivity contribution in [2.75, 3.05) is 25.1 Å². The average molecular weight is 299 g/mol. The molecule has 2 aliphatic heterocycles. The number of hydrogen-bond acceptors (Lipinski definition) is 4. The van der Waals surface area contributed by atoms with Crippen molar-refractivity contribution in [2.45, 2.75) is 25.5 Å². The van der Waals surface area contributed by atoms with Gasteiger partial charge < -0.3 is 20.1 Å². The molecule has 110 valence electrons. The summed E-state index contributed by atoms with van der Waals surface area (Å²) in [4.78, 5) is 12.0. The summed E-state index contributed by atoms with van der Waals surface area (Å²) in [6, 6.07) is 5.74. The first kappa shape index (κ1) is 15.1. The molecule has 3 rings (SSSR count). The SMILES string of the molecule is Cl.O=C(Nc1ccc2c(c1)CNCCO2)[C@H]1CCCO1. The summed E-state index contributed by atoms with van der Waals surface area (Å²) in [5.74, 6) is 0.833. The maximum absolute atomic E-state index is 12.0. The Morgan fingerprint density at radius 3 is 3.05 bits per heavy atom. The van der Waals surface area contributed by atoms with E-state index in [1.807, 2.05) is 18.2 Å². The first-order valence-corrected chi connectivity index (χ1v) is 6.72. The van der Waals surface area contributed by atoms with Crippen molar-refractivity contribution in [3.8, 4) is 5.75 Å². The number of hydrogen-bond donors (Lipinski definition) is 2. The van der Waals surface area contributed by atoms with Crippen molar-refractivity contribution in [1.29, 1.82) is 0 Å². The Morgan fingerprint density at radius 2 is 2.25 bits per heavy atom. The van der Waals surface area contributed by atoms with Crippen molar-refractivity contribution in [2.24, 2.45) is 0 Å². The van der Waals surface area contributed by atoms with Gasteiger partial charge in [-0.2, -0.15) is 0 Å². The van der Waals surface area contributed by atoms with Gasteiger partial charge in [0.2, 0.25) is 0 Å². The maximum atomic E-state index is 12.0. The Bertz CT molecular complexity index is 475. The molecule has 0 radical (unpaired) electrons.